The van der Waals surface area contributed by atoms with Gasteiger partial charge in [0.15, 0.2) is 6.10 Å². The van der Waals surface area contributed by atoms with E-state index in [-0.39, 0.29) is 26.1 Å². The van der Waals surface area contributed by atoms with Crippen LogP contribution < -0.4 is 4.89 Å². The van der Waals surface area contributed by atoms with Crippen molar-refractivity contribution in [3.8, 4) is 0 Å². The lowest BCUT2D eigenvalue weighted by molar-refractivity contribution is -0.870. The van der Waals surface area contributed by atoms with E-state index < -0.39 is 32.5 Å². The van der Waals surface area contributed by atoms with E-state index in [0.29, 0.717) is 17.4 Å². The maximum absolute atomic E-state index is 12.6. The fourth-order valence-electron chi connectivity index (χ4n) is 5.19. The van der Waals surface area contributed by atoms with E-state index in [1.54, 1.807) is 0 Å². The highest BCUT2D eigenvalue weighted by molar-refractivity contribution is 7.45. The van der Waals surface area contributed by atoms with Crippen LogP contribution in [0.5, 0.6) is 0 Å². The molecule has 0 aromatic rings. The summed E-state index contributed by atoms with van der Waals surface area (Å²) in [5.41, 5.74) is 0. The van der Waals surface area contributed by atoms with Crippen molar-refractivity contribution in [2.24, 2.45) is 0 Å². The number of unbranched alkanes of at least 4 members (excludes halogenated alkanes) is 16. The first-order valence-electron chi connectivity index (χ1n) is 20.2. The van der Waals surface area contributed by atoms with Crippen molar-refractivity contribution in [2.75, 3.05) is 47.5 Å². The average Bonchev–Trinajstić information content (AvgIpc) is 3.07. The third-order valence-electron chi connectivity index (χ3n) is 8.41. The van der Waals surface area contributed by atoms with Crippen LogP contribution in [0.1, 0.15) is 162 Å². The highest BCUT2D eigenvalue weighted by Gasteiger charge is 2.21. The van der Waals surface area contributed by atoms with E-state index >= 15 is 0 Å². The molecule has 0 aromatic heterocycles. The summed E-state index contributed by atoms with van der Waals surface area (Å²) in [6.07, 6.45) is 36.0. The fraction of sp³-hybridized carbons (Fsp3) is 0.805. The maximum Gasteiger partial charge on any atom is 0.306 e. The van der Waals surface area contributed by atoms with Crippen LogP contribution in [0.4, 0.5) is 0 Å². The van der Waals surface area contributed by atoms with Crippen molar-refractivity contribution in [1.29, 1.82) is 0 Å². The smallest absolute Gasteiger partial charge is 0.306 e. The van der Waals surface area contributed by atoms with Gasteiger partial charge in [-0.3, -0.25) is 14.2 Å². The standard InChI is InChI=1S/C41H76NO8P/c1-6-8-10-12-14-16-18-19-20-21-22-23-24-26-28-30-32-34-41(44)50-39(38-49-51(45,46)48-36-35-42(3,4)5)37-47-40(43)33-31-29-27-25-17-15-13-11-9-7-2/h14,16,19-20,22-23,39H,6-13,15,17-18,21,24-38H2,1-5H3/b16-14+,20-19+,23-22+/t39-/m1/s1. The summed E-state index contributed by atoms with van der Waals surface area (Å²) in [5, 5.41) is 0. The minimum atomic E-state index is -4.62. The number of ether oxygens (including phenoxy) is 2. The Kier molecular flexibility index (Phi) is 32.8. The zero-order chi connectivity index (χ0) is 37.9. The highest BCUT2D eigenvalue weighted by Crippen LogP contribution is 2.38. The lowest BCUT2D eigenvalue weighted by atomic mass is 10.1. The van der Waals surface area contributed by atoms with E-state index in [4.69, 9.17) is 18.5 Å². The Morgan fingerprint density at radius 3 is 1.61 bits per heavy atom. The zero-order valence-corrected chi connectivity index (χ0v) is 34.2. The lowest BCUT2D eigenvalue weighted by Crippen LogP contribution is -2.37. The van der Waals surface area contributed by atoms with Crippen molar-refractivity contribution in [3.63, 3.8) is 0 Å². The van der Waals surface area contributed by atoms with Crippen LogP contribution in [0.25, 0.3) is 0 Å². The summed E-state index contributed by atoms with van der Waals surface area (Å²) in [6.45, 7) is 4.14. The molecule has 1 unspecified atom stereocenters. The second-order valence-corrected chi connectivity index (χ2v) is 16.1. The number of hydrogen-bond acceptors (Lipinski definition) is 8. The van der Waals surface area contributed by atoms with Gasteiger partial charge in [-0.1, -0.05) is 134 Å². The number of hydrogen-bond donors (Lipinski definition) is 0. The molecule has 0 amide bonds. The quantitative estimate of drug-likeness (QED) is 0.0205. The van der Waals surface area contributed by atoms with Crippen molar-refractivity contribution in [3.05, 3.63) is 36.5 Å². The number of carbonyl (C=O) groups is 2. The van der Waals surface area contributed by atoms with Crippen LogP contribution in [0, 0.1) is 0 Å². The first-order valence-corrected chi connectivity index (χ1v) is 21.7. The molecular formula is C41H76NO8P. The van der Waals surface area contributed by atoms with Crippen LogP contribution in [-0.4, -0.2) is 70.0 Å². The number of rotatable bonds is 36. The fourth-order valence-corrected chi connectivity index (χ4v) is 5.92. The molecule has 9 nitrogen and oxygen atoms in total. The summed E-state index contributed by atoms with van der Waals surface area (Å²) >= 11 is 0. The Morgan fingerprint density at radius 1 is 0.608 bits per heavy atom. The third-order valence-corrected chi connectivity index (χ3v) is 9.38. The molecule has 10 heteroatoms. The number of likely N-dealkylation sites (N-methyl/N-ethyl adjacent to an activating group) is 1. The first kappa shape index (κ1) is 49.2. The number of quaternary nitrogens is 1. The SMILES string of the molecule is CCCCC/C=C/C/C=C/C/C=C/CCCCCCC(=O)O[C@H](COC(=O)CCCCCCCCCCCC)COP(=O)([O-])OCC[N+](C)(C)C. The molecule has 0 N–H and O–H groups in total. The normalized spacial score (nSPS) is 14.1. The monoisotopic (exact) mass is 742 g/mol. The summed E-state index contributed by atoms with van der Waals surface area (Å²) in [5.74, 6) is -0.862. The second kappa shape index (κ2) is 34.0. The second-order valence-electron chi connectivity index (χ2n) is 14.7. The van der Waals surface area contributed by atoms with Crippen LogP contribution in [0.2, 0.25) is 0 Å². The molecular weight excluding hydrogens is 665 g/mol. The zero-order valence-electron chi connectivity index (χ0n) is 33.3. The van der Waals surface area contributed by atoms with Crippen molar-refractivity contribution >= 4 is 19.8 Å². The molecule has 0 saturated carbocycles. The number of phosphoric acid groups is 1. The van der Waals surface area contributed by atoms with Crippen LogP contribution in [-0.2, 0) is 32.7 Å². The van der Waals surface area contributed by atoms with Crippen molar-refractivity contribution in [1.82, 2.24) is 0 Å². The summed E-state index contributed by atoms with van der Waals surface area (Å²) < 4.78 is 33.7. The van der Waals surface area contributed by atoms with Crippen molar-refractivity contribution < 1.29 is 42.1 Å². The van der Waals surface area contributed by atoms with Gasteiger partial charge in [0.05, 0.1) is 27.7 Å². The topological polar surface area (TPSA) is 111 Å². The van der Waals surface area contributed by atoms with E-state index in [2.05, 4.69) is 50.3 Å². The Morgan fingerprint density at radius 2 is 1.06 bits per heavy atom. The molecule has 0 bridgehead atoms. The van der Waals surface area contributed by atoms with E-state index in [1.165, 1.54) is 70.6 Å². The molecule has 298 valence electrons. The Labute approximate surface area is 312 Å². The molecule has 0 heterocycles. The molecule has 0 fully saturated rings. The summed E-state index contributed by atoms with van der Waals surface area (Å²) in [4.78, 5) is 37.3. The summed E-state index contributed by atoms with van der Waals surface area (Å²) in [6, 6.07) is 0. The van der Waals surface area contributed by atoms with Gasteiger partial charge in [0, 0.05) is 12.8 Å². The van der Waals surface area contributed by atoms with Crippen LogP contribution in [0.3, 0.4) is 0 Å². The molecule has 0 aliphatic heterocycles. The number of carbonyl (C=O) groups excluding carboxylic acids is 2. The van der Waals surface area contributed by atoms with Gasteiger partial charge in [0.25, 0.3) is 7.82 Å². The van der Waals surface area contributed by atoms with Gasteiger partial charge >= 0.3 is 11.9 Å². The Hall–Kier alpha value is -1.77. The van der Waals surface area contributed by atoms with Gasteiger partial charge in [0.1, 0.15) is 19.8 Å². The summed E-state index contributed by atoms with van der Waals surface area (Å²) in [7, 11) is 1.15. The molecule has 0 radical (unpaired) electrons. The number of esters is 2. The minimum absolute atomic E-state index is 0.0352. The molecule has 0 saturated heterocycles. The van der Waals surface area contributed by atoms with Gasteiger partial charge in [-0.2, -0.15) is 0 Å². The highest BCUT2D eigenvalue weighted by atomic mass is 31.2. The van der Waals surface area contributed by atoms with Gasteiger partial charge in [-0.25, -0.2) is 0 Å². The third kappa shape index (κ3) is 37.8. The molecule has 0 aliphatic rings. The molecule has 0 aliphatic carbocycles. The van der Waals surface area contributed by atoms with E-state index in [1.807, 2.05) is 21.1 Å². The van der Waals surface area contributed by atoms with Gasteiger partial charge in [-0.05, 0) is 51.4 Å². The van der Waals surface area contributed by atoms with Gasteiger partial charge in [0.2, 0.25) is 0 Å². The molecule has 51 heavy (non-hydrogen) atoms. The first-order chi connectivity index (χ1) is 24.5. The van der Waals surface area contributed by atoms with E-state index in [0.717, 1.165) is 57.8 Å². The molecule has 0 aromatic carbocycles. The van der Waals surface area contributed by atoms with Crippen molar-refractivity contribution in [2.45, 2.75) is 168 Å². The molecule has 0 rings (SSSR count). The molecule has 2 atom stereocenters. The van der Waals surface area contributed by atoms with E-state index in [9.17, 15) is 19.0 Å². The number of allylic oxidation sites excluding steroid dienone is 6. The number of nitrogens with zero attached hydrogens (tertiary/aromatic N) is 1. The van der Waals surface area contributed by atoms with Crippen LogP contribution >= 0.6 is 7.82 Å². The van der Waals surface area contributed by atoms with Gasteiger partial charge < -0.3 is 27.9 Å². The number of phosphoric ester groups is 1. The maximum atomic E-state index is 12.6. The predicted molar refractivity (Wildman–Crippen MR) is 208 cm³/mol. The van der Waals surface area contributed by atoms with Gasteiger partial charge in [-0.15, -0.1) is 0 Å². The lowest BCUT2D eigenvalue weighted by Gasteiger charge is -2.28. The predicted octanol–water partition coefficient (Wildman–Crippen LogP) is 10.3. The van der Waals surface area contributed by atoms with Crippen LogP contribution in [0.15, 0.2) is 36.5 Å². The average molecular weight is 742 g/mol. The largest absolute Gasteiger partial charge is 0.756 e. The minimum Gasteiger partial charge on any atom is -0.756 e. The molecule has 0 spiro atoms. The Bertz CT molecular complexity index is 975. The Balaban J connectivity index is 4.44.